The van der Waals surface area contributed by atoms with Crippen molar-refractivity contribution >= 4 is 52.4 Å². The Hall–Kier alpha value is -1.33. The first-order chi connectivity index (χ1) is 10.1. The lowest BCUT2D eigenvalue weighted by Crippen LogP contribution is -1.94. The Kier molecular flexibility index (Phi) is 4.04. The molecule has 2 aromatic heterocycles. The fourth-order valence-corrected chi connectivity index (χ4v) is 3.50. The number of hydrogen-bond acceptors (Lipinski definition) is 3. The van der Waals surface area contributed by atoms with Crippen LogP contribution in [0.4, 0.5) is 0 Å². The first kappa shape index (κ1) is 14.6. The second-order valence-corrected chi connectivity index (χ2v) is 6.93. The van der Waals surface area contributed by atoms with Gasteiger partial charge in [-0.1, -0.05) is 34.8 Å². The van der Waals surface area contributed by atoms with Gasteiger partial charge in [-0.05, 0) is 30.3 Å². The number of thiophene rings is 1. The highest BCUT2D eigenvalue weighted by Gasteiger charge is 2.17. The van der Waals surface area contributed by atoms with Crippen LogP contribution in [-0.2, 0) is 0 Å². The molecule has 0 spiro atoms. The molecule has 3 nitrogen and oxygen atoms in total. The van der Waals surface area contributed by atoms with Crippen LogP contribution >= 0.6 is 46.1 Å². The van der Waals surface area contributed by atoms with Crippen molar-refractivity contribution in [1.82, 2.24) is 9.78 Å². The number of hydrogen-bond donors (Lipinski definition) is 0. The van der Waals surface area contributed by atoms with Gasteiger partial charge in [-0.2, -0.15) is 5.10 Å². The first-order valence-electron chi connectivity index (χ1n) is 5.84. The molecule has 2 heterocycles. The molecule has 21 heavy (non-hydrogen) atoms. The third-order valence-corrected chi connectivity index (χ3v) is 4.61. The van der Waals surface area contributed by atoms with E-state index in [1.165, 1.54) is 11.3 Å². The summed E-state index contributed by atoms with van der Waals surface area (Å²) in [6.45, 7) is 0. The predicted octanol–water partition coefficient (Wildman–Crippen LogP) is 5.37. The van der Waals surface area contributed by atoms with E-state index in [1.54, 1.807) is 29.1 Å². The lowest BCUT2D eigenvalue weighted by Gasteiger charge is -2.00. The van der Waals surface area contributed by atoms with E-state index in [4.69, 9.17) is 34.8 Å². The summed E-state index contributed by atoms with van der Waals surface area (Å²) in [5.74, 6) is 0. The van der Waals surface area contributed by atoms with Crippen LogP contribution < -0.4 is 0 Å². The minimum absolute atomic E-state index is 0.446. The van der Waals surface area contributed by atoms with Crippen LogP contribution in [0.25, 0.3) is 16.9 Å². The van der Waals surface area contributed by atoms with Crippen LogP contribution in [0, 0.1) is 0 Å². The van der Waals surface area contributed by atoms with Crippen LogP contribution in [0.1, 0.15) is 10.4 Å². The molecule has 0 atom stereocenters. The molecule has 0 aliphatic heterocycles. The molecule has 3 rings (SSSR count). The summed E-state index contributed by atoms with van der Waals surface area (Å²) in [7, 11) is 0. The summed E-state index contributed by atoms with van der Waals surface area (Å²) in [5.41, 5.74) is 2.40. The Morgan fingerprint density at radius 1 is 1.14 bits per heavy atom. The highest BCUT2D eigenvalue weighted by molar-refractivity contribution is 7.20. The molecule has 0 aliphatic carbocycles. The summed E-state index contributed by atoms with van der Waals surface area (Å²) in [4.78, 5) is 11.3. The van der Waals surface area contributed by atoms with E-state index >= 15 is 0 Å². The van der Waals surface area contributed by atoms with Crippen molar-refractivity contribution in [3.63, 3.8) is 0 Å². The van der Waals surface area contributed by atoms with E-state index in [0.29, 0.717) is 30.5 Å². The summed E-state index contributed by atoms with van der Waals surface area (Å²) in [5, 5.41) is 5.06. The zero-order valence-corrected chi connectivity index (χ0v) is 13.5. The number of benzene rings is 1. The Morgan fingerprint density at radius 2 is 1.86 bits per heavy atom. The van der Waals surface area contributed by atoms with Crippen molar-refractivity contribution in [1.29, 1.82) is 0 Å². The van der Waals surface area contributed by atoms with Crippen molar-refractivity contribution in [2.45, 2.75) is 0 Å². The lowest BCUT2D eigenvalue weighted by atomic mass is 10.2. The maximum atomic E-state index is 11.3. The third-order valence-electron chi connectivity index (χ3n) is 2.87. The average molecular weight is 358 g/mol. The van der Waals surface area contributed by atoms with Gasteiger partial charge >= 0.3 is 0 Å². The van der Waals surface area contributed by atoms with Crippen molar-refractivity contribution in [3.05, 3.63) is 55.8 Å². The summed E-state index contributed by atoms with van der Waals surface area (Å²) in [6.07, 6.45) is 2.39. The molecule has 3 aromatic rings. The highest BCUT2D eigenvalue weighted by Crippen LogP contribution is 2.38. The maximum absolute atomic E-state index is 11.3. The van der Waals surface area contributed by atoms with Crippen molar-refractivity contribution < 1.29 is 4.79 Å². The number of halogens is 3. The molecule has 106 valence electrons. The largest absolute Gasteiger partial charge is 0.298 e. The van der Waals surface area contributed by atoms with Gasteiger partial charge in [0.1, 0.15) is 10.0 Å². The Bertz CT molecular complexity index is 808. The zero-order chi connectivity index (χ0) is 15.0. The van der Waals surface area contributed by atoms with Gasteiger partial charge in [0, 0.05) is 16.8 Å². The second kappa shape index (κ2) is 5.81. The van der Waals surface area contributed by atoms with Gasteiger partial charge in [-0.25, -0.2) is 4.68 Å². The Morgan fingerprint density at radius 3 is 2.43 bits per heavy atom. The molecule has 0 saturated carbocycles. The van der Waals surface area contributed by atoms with E-state index in [2.05, 4.69) is 5.10 Å². The molecular weight excluding hydrogens is 351 g/mol. The van der Waals surface area contributed by atoms with Crippen LogP contribution in [0.15, 0.2) is 36.5 Å². The molecule has 0 bridgehead atoms. The quantitative estimate of drug-likeness (QED) is 0.590. The van der Waals surface area contributed by atoms with Gasteiger partial charge < -0.3 is 0 Å². The Balaban J connectivity index is 2.12. The van der Waals surface area contributed by atoms with Gasteiger partial charge in [0.2, 0.25) is 0 Å². The number of aromatic nitrogens is 2. The van der Waals surface area contributed by atoms with E-state index in [0.717, 1.165) is 12.0 Å². The standard InChI is InChI=1S/C14H7Cl3N2OS/c15-9-1-3-10(4-2-9)19-6-8(7-20)13(18-19)11-5-12(16)21-14(11)17/h1-7H. The van der Waals surface area contributed by atoms with Crippen molar-refractivity contribution in [3.8, 4) is 16.9 Å². The molecule has 0 unspecified atom stereocenters. The number of rotatable bonds is 3. The van der Waals surface area contributed by atoms with E-state index < -0.39 is 0 Å². The van der Waals surface area contributed by atoms with Crippen molar-refractivity contribution in [2.75, 3.05) is 0 Å². The lowest BCUT2D eigenvalue weighted by molar-refractivity contribution is 0.112. The topological polar surface area (TPSA) is 34.9 Å². The first-order valence-corrected chi connectivity index (χ1v) is 7.79. The number of carbonyl (C=O) groups excluding carboxylic acids is 1. The molecule has 0 saturated heterocycles. The van der Waals surface area contributed by atoms with Gasteiger partial charge in [-0.15, -0.1) is 11.3 Å². The SMILES string of the molecule is O=Cc1cn(-c2ccc(Cl)cc2)nc1-c1cc(Cl)sc1Cl. The van der Waals surface area contributed by atoms with E-state index in [1.807, 2.05) is 12.1 Å². The van der Waals surface area contributed by atoms with Crippen LogP contribution in [0.3, 0.4) is 0 Å². The molecule has 0 N–H and O–H groups in total. The molecular formula is C14H7Cl3N2OS. The molecule has 7 heteroatoms. The predicted molar refractivity (Wildman–Crippen MR) is 87.3 cm³/mol. The summed E-state index contributed by atoms with van der Waals surface area (Å²) in [6, 6.07) is 8.85. The van der Waals surface area contributed by atoms with Gasteiger partial charge in [0.05, 0.1) is 15.6 Å². The monoisotopic (exact) mass is 356 g/mol. The fraction of sp³-hybridized carbons (Fsp3) is 0. The minimum Gasteiger partial charge on any atom is -0.298 e. The second-order valence-electron chi connectivity index (χ2n) is 4.21. The number of carbonyl (C=O) groups is 1. The average Bonchev–Trinajstić information content (AvgIpc) is 3.02. The number of nitrogens with zero attached hydrogens (tertiary/aromatic N) is 2. The maximum Gasteiger partial charge on any atom is 0.153 e. The number of aldehydes is 1. The van der Waals surface area contributed by atoms with Gasteiger partial charge in [0.25, 0.3) is 0 Å². The summed E-state index contributed by atoms with van der Waals surface area (Å²) >= 11 is 19.2. The van der Waals surface area contributed by atoms with Crippen LogP contribution in [0.5, 0.6) is 0 Å². The van der Waals surface area contributed by atoms with Crippen molar-refractivity contribution in [2.24, 2.45) is 0 Å². The fourth-order valence-electron chi connectivity index (χ4n) is 1.91. The molecule has 0 aliphatic rings. The smallest absolute Gasteiger partial charge is 0.153 e. The zero-order valence-electron chi connectivity index (χ0n) is 10.4. The molecule has 1 aromatic carbocycles. The highest BCUT2D eigenvalue weighted by atomic mass is 35.5. The van der Waals surface area contributed by atoms with Crippen LogP contribution in [0.2, 0.25) is 13.7 Å². The third kappa shape index (κ3) is 2.85. The molecule has 0 radical (unpaired) electrons. The molecule has 0 amide bonds. The van der Waals surface area contributed by atoms with Gasteiger partial charge in [-0.3, -0.25) is 4.79 Å². The van der Waals surface area contributed by atoms with E-state index in [9.17, 15) is 4.79 Å². The molecule has 0 fully saturated rings. The normalized spacial score (nSPS) is 10.8. The van der Waals surface area contributed by atoms with Gasteiger partial charge in [0.15, 0.2) is 6.29 Å². The minimum atomic E-state index is 0.446. The Labute approximate surface area is 139 Å². The van der Waals surface area contributed by atoms with E-state index in [-0.39, 0.29) is 0 Å². The summed E-state index contributed by atoms with van der Waals surface area (Å²) < 4.78 is 2.66. The van der Waals surface area contributed by atoms with Crippen LogP contribution in [-0.4, -0.2) is 16.1 Å².